The van der Waals surface area contributed by atoms with Crippen LogP contribution in [0.15, 0.2) is 52.4 Å². The molecular weight excluding hydrogens is 460 g/mol. The van der Waals surface area contributed by atoms with Crippen molar-refractivity contribution in [3.63, 3.8) is 0 Å². The fraction of sp³-hybridized carbons (Fsp3) is 0.250. The Hall–Kier alpha value is -3.79. The van der Waals surface area contributed by atoms with Crippen LogP contribution in [0.4, 0.5) is 5.69 Å². The van der Waals surface area contributed by atoms with E-state index in [1.165, 1.54) is 18.9 Å². The minimum absolute atomic E-state index is 0.296. The molecule has 1 aliphatic heterocycles. The second kappa shape index (κ2) is 11.4. The van der Waals surface area contributed by atoms with Crippen molar-refractivity contribution in [2.24, 2.45) is 4.99 Å². The smallest absolute Gasteiger partial charge is 0.344 e. The Morgan fingerprint density at radius 2 is 1.88 bits per heavy atom. The maximum Gasteiger partial charge on any atom is 0.344 e. The van der Waals surface area contributed by atoms with Crippen LogP contribution in [0.5, 0.6) is 11.5 Å². The summed E-state index contributed by atoms with van der Waals surface area (Å²) >= 11 is 1.17. The highest BCUT2D eigenvalue weighted by Crippen LogP contribution is 2.33. The Labute approximate surface area is 200 Å². The van der Waals surface area contributed by atoms with Crippen LogP contribution < -0.4 is 14.8 Å². The van der Waals surface area contributed by atoms with Crippen LogP contribution in [0.3, 0.4) is 0 Å². The van der Waals surface area contributed by atoms with Crippen molar-refractivity contribution >= 4 is 46.5 Å². The first-order valence-electron chi connectivity index (χ1n) is 10.5. The number of amides is 1. The Bertz CT molecular complexity index is 1140. The predicted molar refractivity (Wildman–Crippen MR) is 129 cm³/mol. The number of nitrogens with one attached hydrogen (secondary N) is 1. The Morgan fingerprint density at radius 3 is 2.50 bits per heavy atom. The van der Waals surface area contributed by atoms with Gasteiger partial charge in [-0.05, 0) is 73.1 Å². The average molecular weight is 485 g/mol. The van der Waals surface area contributed by atoms with Gasteiger partial charge in [0.2, 0.25) is 0 Å². The van der Waals surface area contributed by atoms with E-state index in [9.17, 15) is 19.5 Å². The highest BCUT2D eigenvalue weighted by molar-refractivity contribution is 8.18. The number of aliphatic carboxylic acids is 1. The fourth-order valence-electron chi connectivity index (χ4n) is 2.97. The molecule has 1 unspecified atom stereocenters. The minimum atomic E-state index is -1.06. The second-order valence-corrected chi connectivity index (χ2v) is 8.04. The summed E-state index contributed by atoms with van der Waals surface area (Å²) in [6.45, 7) is 3.75. The predicted octanol–water partition coefficient (Wildman–Crippen LogP) is 4.01. The molecule has 1 amide bonds. The minimum Gasteiger partial charge on any atom is -0.493 e. The van der Waals surface area contributed by atoms with Gasteiger partial charge in [0.05, 0.1) is 29.9 Å². The number of carbonyl (C=O) groups is 3. The molecule has 10 heteroatoms. The summed E-state index contributed by atoms with van der Waals surface area (Å²) in [5, 5.41) is 12.3. The third-order valence-corrected chi connectivity index (χ3v) is 5.57. The maximum atomic E-state index is 12.4. The molecule has 1 fully saturated rings. The Morgan fingerprint density at radius 1 is 1.15 bits per heavy atom. The van der Waals surface area contributed by atoms with Crippen molar-refractivity contribution in [3.8, 4) is 11.5 Å². The third kappa shape index (κ3) is 6.16. The van der Waals surface area contributed by atoms with E-state index in [0.717, 1.165) is 0 Å². The van der Waals surface area contributed by atoms with Crippen LogP contribution in [-0.4, -0.2) is 47.9 Å². The summed E-state index contributed by atoms with van der Waals surface area (Å²) in [7, 11) is 1.45. The zero-order valence-corrected chi connectivity index (χ0v) is 19.7. The van der Waals surface area contributed by atoms with E-state index in [1.807, 2.05) is 0 Å². The number of carboxylic acid groups (broad SMARTS) is 1. The normalized spacial score (nSPS) is 16.3. The first kappa shape index (κ1) is 24.8. The van der Waals surface area contributed by atoms with Gasteiger partial charge in [0.1, 0.15) is 0 Å². The summed E-state index contributed by atoms with van der Waals surface area (Å²) in [6, 6.07) is 11.5. The number of amidine groups is 1. The number of esters is 1. The van der Waals surface area contributed by atoms with Gasteiger partial charge in [0.15, 0.2) is 22.8 Å². The lowest BCUT2D eigenvalue weighted by Gasteiger charge is -2.16. The van der Waals surface area contributed by atoms with Gasteiger partial charge < -0.3 is 24.6 Å². The van der Waals surface area contributed by atoms with Crippen LogP contribution in [0.1, 0.15) is 36.2 Å². The average Bonchev–Trinajstić information content (AvgIpc) is 3.16. The van der Waals surface area contributed by atoms with Crippen LogP contribution in [0.25, 0.3) is 6.08 Å². The van der Waals surface area contributed by atoms with Crippen molar-refractivity contribution in [3.05, 3.63) is 58.5 Å². The number of rotatable bonds is 9. The van der Waals surface area contributed by atoms with Crippen molar-refractivity contribution in [1.29, 1.82) is 0 Å². The van der Waals surface area contributed by atoms with E-state index in [2.05, 4.69) is 10.3 Å². The van der Waals surface area contributed by atoms with E-state index in [1.54, 1.807) is 62.4 Å². The van der Waals surface area contributed by atoms with Crippen molar-refractivity contribution in [2.75, 3.05) is 13.7 Å². The molecule has 0 aromatic heterocycles. The number of thioether (sulfide) groups is 1. The van der Waals surface area contributed by atoms with Gasteiger partial charge >= 0.3 is 11.9 Å². The number of nitrogens with zero attached hydrogens (tertiary/aromatic N) is 1. The molecule has 0 saturated carbocycles. The summed E-state index contributed by atoms with van der Waals surface area (Å²) in [4.78, 5) is 40.2. The summed E-state index contributed by atoms with van der Waals surface area (Å²) in [6.07, 6.45) is 0.987. The van der Waals surface area contributed by atoms with E-state index in [0.29, 0.717) is 51.4 Å². The first-order chi connectivity index (χ1) is 16.3. The Kier molecular flexibility index (Phi) is 8.31. The standard InChI is InChI=1S/C24H24N2O7S/c1-4-17(22(28)29)33-18-11-6-14(12-19(18)31-3)13-20-21(27)26-24(34-20)25-16-9-7-15(8-10-16)23(30)32-5-2/h6-13,17H,4-5H2,1-3H3,(H,28,29)(H,25,26,27)/b20-13+. The van der Waals surface area contributed by atoms with Gasteiger partial charge in [-0.15, -0.1) is 0 Å². The second-order valence-electron chi connectivity index (χ2n) is 7.01. The molecule has 0 aliphatic carbocycles. The van der Waals surface area contributed by atoms with E-state index in [4.69, 9.17) is 14.2 Å². The van der Waals surface area contributed by atoms with Crippen molar-refractivity contribution in [1.82, 2.24) is 5.32 Å². The summed E-state index contributed by atoms with van der Waals surface area (Å²) in [5.74, 6) is -1.11. The molecule has 34 heavy (non-hydrogen) atoms. The monoisotopic (exact) mass is 484 g/mol. The molecular formula is C24H24N2O7S. The van der Waals surface area contributed by atoms with E-state index < -0.39 is 18.0 Å². The third-order valence-electron chi connectivity index (χ3n) is 4.66. The summed E-state index contributed by atoms with van der Waals surface area (Å²) in [5.41, 5.74) is 1.67. The molecule has 0 spiro atoms. The summed E-state index contributed by atoms with van der Waals surface area (Å²) < 4.78 is 15.8. The first-order valence-corrected chi connectivity index (χ1v) is 11.3. The van der Waals surface area contributed by atoms with Gasteiger partial charge in [-0.3, -0.25) is 4.79 Å². The number of hydrogen-bond donors (Lipinski definition) is 2. The number of hydrogen-bond acceptors (Lipinski definition) is 8. The SMILES string of the molecule is CCOC(=O)c1ccc(N=C2NC(=O)/C(=C\c3ccc(OC(CC)C(=O)O)c(OC)c3)S2)cc1. The molecule has 1 heterocycles. The molecule has 1 aliphatic rings. The maximum absolute atomic E-state index is 12.4. The number of carboxylic acids is 1. The lowest BCUT2D eigenvalue weighted by Crippen LogP contribution is -2.26. The quantitative estimate of drug-likeness (QED) is 0.404. The molecule has 178 valence electrons. The van der Waals surface area contributed by atoms with Crippen molar-refractivity contribution < 1.29 is 33.7 Å². The zero-order chi connectivity index (χ0) is 24.7. The molecule has 0 radical (unpaired) electrons. The van der Waals surface area contributed by atoms with Crippen LogP contribution >= 0.6 is 11.8 Å². The molecule has 9 nitrogen and oxygen atoms in total. The number of benzene rings is 2. The number of aliphatic imine (C=N–C) groups is 1. The van der Waals surface area contributed by atoms with Gasteiger partial charge in [-0.2, -0.15) is 0 Å². The van der Waals surface area contributed by atoms with Gasteiger partial charge in [0, 0.05) is 0 Å². The number of methoxy groups -OCH3 is 1. The van der Waals surface area contributed by atoms with Crippen molar-refractivity contribution in [2.45, 2.75) is 26.4 Å². The molecule has 0 bridgehead atoms. The molecule has 2 aromatic carbocycles. The van der Waals surface area contributed by atoms with Gasteiger partial charge in [0.25, 0.3) is 5.91 Å². The highest BCUT2D eigenvalue weighted by Gasteiger charge is 2.24. The van der Waals surface area contributed by atoms with Crippen LogP contribution in [0.2, 0.25) is 0 Å². The molecule has 1 saturated heterocycles. The topological polar surface area (TPSA) is 124 Å². The van der Waals surface area contributed by atoms with Crippen LogP contribution in [0, 0.1) is 0 Å². The van der Waals surface area contributed by atoms with Gasteiger partial charge in [-0.25, -0.2) is 14.6 Å². The highest BCUT2D eigenvalue weighted by atomic mass is 32.2. The van der Waals surface area contributed by atoms with E-state index in [-0.39, 0.29) is 5.91 Å². The van der Waals surface area contributed by atoms with E-state index >= 15 is 0 Å². The molecule has 2 N–H and O–H groups in total. The molecule has 3 rings (SSSR count). The molecule has 1 atom stereocenters. The zero-order valence-electron chi connectivity index (χ0n) is 18.9. The van der Waals surface area contributed by atoms with Gasteiger partial charge in [-0.1, -0.05) is 13.0 Å². The lowest BCUT2D eigenvalue weighted by molar-refractivity contribution is -0.145. The largest absolute Gasteiger partial charge is 0.493 e. The van der Waals surface area contributed by atoms with Crippen LogP contribution in [-0.2, 0) is 14.3 Å². The fourth-order valence-corrected chi connectivity index (χ4v) is 3.81. The lowest BCUT2D eigenvalue weighted by atomic mass is 10.1. The number of carbonyl (C=O) groups excluding carboxylic acids is 2. The Balaban J connectivity index is 1.75. The number of ether oxygens (including phenoxy) is 3. The molecule has 2 aromatic rings.